The molecule has 2 heterocycles. The molecule has 148 valence electrons. The lowest BCUT2D eigenvalue weighted by Crippen LogP contribution is -2.57. The molecule has 1 unspecified atom stereocenters. The van der Waals surface area contributed by atoms with Crippen LogP contribution in [0.1, 0.15) is 36.2 Å². The van der Waals surface area contributed by atoms with Crippen LogP contribution in [0.5, 0.6) is 0 Å². The van der Waals surface area contributed by atoms with Crippen molar-refractivity contribution in [2.24, 2.45) is 5.92 Å². The first kappa shape index (κ1) is 19.9. The molecule has 28 heavy (non-hydrogen) atoms. The van der Waals surface area contributed by atoms with Crippen molar-refractivity contribution in [2.45, 2.75) is 33.2 Å². The van der Waals surface area contributed by atoms with Crippen molar-refractivity contribution in [3.8, 4) is 11.1 Å². The van der Waals surface area contributed by atoms with E-state index in [9.17, 15) is 9.59 Å². The van der Waals surface area contributed by atoms with E-state index in [4.69, 9.17) is 5.73 Å². The van der Waals surface area contributed by atoms with Gasteiger partial charge in [-0.25, -0.2) is 4.98 Å². The van der Waals surface area contributed by atoms with Crippen LogP contribution < -0.4 is 5.73 Å². The summed E-state index contributed by atoms with van der Waals surface area (Å²) in [5.74, 6) is 0.742. The minimum absolute atomic E-state index is 0.0165. The molecule has 0 bridgehead atoms. The lowest BCUT2D eigenvalue weighted by Gasteiger charge is -2.40. The molecular weight excluding hydrogens is 352 g/mol. The Morgan fingerprint density at radius 3 is 2.68 bits per heavy atom. The highest BCUT2D eigenvalue weighted by molar-refractivity contribution is 5.99. The van der Waals surface area contributed by atoms with E-state index in [0.29, 0.717) is 36.8 Å². The number of nitrogens with two attached hydrogens (primary N) is 1. The van der Waals surface area contributed by atoms with Gasteiger partial charge in [0.1, 0.15) is 11.9 Å². The lowest BCUT2D eigenvalue weighted by molar-refractivity contribution is -0.139. The molecule has 1 aromatic heterocycles. The molecule has 1 fully saturated rings. The number of anilines is 1. The number of rotatable bonds is 4. The minimum Gasteiger partial charge on any atom is -0.383 e. The number of aryl methyl sites for hydroxylation is 1. The van der Waals surface area contributed by atoms with Gasteiger partial charge in [-0.05, 0) is 48.6 Å². The molecule has 0 aliphatic carbocycles. The molecule has 1 aliphatic heterocycles. The molecule has 0 spiro atoms. The summed E-state index contributed by atoms with van der Waals surface area (Å²) in [6.45, 7) is 7.15. The molecule has 0 saturated carbocycles. The summed E-state index contributed by atoms with van der Waals surface area (Å²) in [5.41, 5.74) is 9.11. The van der Waals surface area contributed by atoms with Gasteiger partial charge < -0.3 is 15.5 Å². The van der Waals surface area contributed by atoms with E-state index >= 15 is 0 Å². The number of nitrogens with zero attached hydrogens (tertiary/aromatic N) is 3. The zero-order valence-electron chi connectivity index (χ0n) is 17.0. The first-order chi connectivity index (χ1) is 13.3. The number of hydrogen-bond acceptors (Lipinski definition) is 4. The number of piperazine rings is 1. The number of carbonyl (C=O) groups is 2. The Morgan fingerprint density at radius 2 is 2.00 bits per heavy atom. The zero-order chi connectivity index (χ0) is 20.4. The SMILES string of the molecule is Cc1cc(-c2cccc(C(=O)N3CCN(C)C(=O)C3CC(C)C)c2)cnc1N. The molecule has 2 N–H and O–H groups in total. The molecule has 2 amide bonds. The van der Waals surface area contributed by atoms with Crippen molar-refractivity contribution in [2.75, 3.05) is 25.9 Å². The predicted molar refractivity (Wildman–Crippen MR) is 111 cm³/mol. The van der Waals surface area contributed by atoms with E-state index in [1.807, 2.05) is 31.2 Å². The molecule has 2 aromatic rings. The van der Waals surface area contributed by atoms with Gasteiger partial charge in [0.15, 0.2) is 0 Å². The number of likely N-dealkylation sites (N-methyl/N-ethyl adjacent to an activating group) is 1. The van der Waals surface area contributed by atoms with Gasteiger partial charge in [0, 0.05) is 37.5 Å². The molecular formula is C22H28N4O2. The molecule has 6 nitrogen and oxygen atoms in total. The molecule has 1 saturated heterocycles. The van der Waals surface area contributed by atoms with Gasteiger partial charge in [-0.3, -0.25) is 9.59 Å². The first-order valence-corrected chi connectivity index (χ1v) is 9.66. The first-order valence-electron chi connectivity index (χ1n) is 9.66. The molecule has 6 heteroatoms. The van der Waals surface area contributed by atoms with Crippen LogP contribution in [0.2, 0.25) is 0 Å². The second-order valence-corrected chi connectivity index (χ2v) is 7.91. The third-order valence-corrected chi connectivity index (χ3v) is 5.23. The van der Waals surface area contributed by atoms with Crippen LogP contribution in [-0.4, -0.2) is 52.8 Å². The monoisotopic (exact) mass is 380 g/mol. The van der Waals surface area contributed by atoms with Gasteiger partial charge in [0.05, 0.1) is 0 Å². The molecule has 0 radical (unpaired) electrons. The summed E-state index contributed by atoms with van der Waals surface area (Å²) in [7, 11) is 1.80. The second-order valence-electron chi connectivity index (χ2n) is 7.91. The Balaban J connectivity index is 1.91. The molecule has 1 aliphatic rings. The quantitative estimate of drug-likeness (QED) is 0.884. The van der Waals surface area contributed by atoms with Crippen LogP contribution in [0.15, 0.2) is 36.5 Å². The van der Waals surface area contributed by atoms with Crippen molar-refractivity contribution in [1.82, 2.24) is 14.8 Å². The highest BCUT2D eigenvalue weighted by Crippen LogP contribution is 2.25. The number of pyridine rings is 1. The maximum absolute atomic E-state index is 13.3. The number of hydrogen-bond donors (Lipinski definition) is 1. The van der Waals surface area contributed by atoms with Gasteiger partial charge in [0.25, 0.3) is 5.91 Å². The normalized spacial score (nSPS) is 17.3. The van der Waals surface area contributed by atoms with Gasteiger partial charge in [0.2, 0.25) is 5.91 Å². The van der Waals surface area contributed by atoms with Gasteiger partial charge in [-0.15, -0.1) is 0 Å². The Kier molecular flexibility index (Phi) is 5.68. The van der Waals surface area contributed by atoms with Gasteiger partial charge in [-0.1, -0.05) is 26.0 Å². The highest BCUT2D eigenvalue weighted by atomic mass is 16.2. The molecule has 3 rings (SSSR count). The number of benzene rings is 1. The summed E-state index contributed by atoms with van der Waals surface area (Å²) in [6, 6.07) is 9.04. The fraction of sp³-hybridized carbons (Fsp3) is 0.409. The largest absolute Gasteiger partial charge is 0.383 e. The number of carbonyl (C=O) groups excluding carboxylic acids is 2. The summed E-state index contributed by atoms with van der Waals surface area (Å²) in [5, 5.41) is 0. The Labute approximate surface area is 166 Å². The van der Waals surface area contributed by atoms with Crippen LogP contribution in [-0.2, 0) is 4.79 Å². The van der Waals surface area contributed by atoms with Crippen LogP contribution >= 0.6 is 0 Å². The summed E-state index contributed by atoms with van der Waals surface area (Å²) < 4.78 is 0. The second kappa shape index (κ2) is 8.00. The standard InChI is InChI=1S/C22H28N4O2/c1-14(2)10-19-22(28)25(4)8-9-26(19)21(27)17-7-5-6-16(12-17)18-11-15(3)20(23)24-13-18/h5-7,11-14,19H,8-10H2,1-4H3,(H2,23,24). The molecule has 1 aromatic carbocycles. The molecule has 1 atom stereocenters. The van der Waals surface area contributed by atoms with Crippen molar-refractivity contribution in [3.05, 3.63) is 47.7 Å². The number of amides is 2. The summed E-state index contributed by atoms with van der Waals surface area (Å²) in [6.07, 6.45) is 2.38. The van der Waals surface area contributed by atoms with Crippen molar-refractivity contribution >= 4 is 17.6 Å². The van der Waals surface area contributed by atoms with Gasteiger partial charge in [-0.2, -0.15) is 0 Å². The predicted octanol–water partition coefficient (Wildman–Crippen LogP) is 2.97. The van der Waals surface area contributed by atoms with E-state index in [1.54, 1.807) is 29.1 Å². The maximum atomic E-state index is 13.3. The zero-order valence-corrected chi connectivity index (χ0v) is 17.0. The maximum Gasteiger partial charge on any atom is 0.254 e. The van der Waals surface area contributed by atoms with Crippen molar-refractivity contribution < 1.29 is 9.59 Å². The summed E-state index contributed by atoms with van der Waals surface area (Å²) in [4.78, 5) is 33.6. The average Bonchev–Trinajstić information content (AvgIpc) is 2.67. The highest BCUT2D eigenvalue weighted by Gasteiger charge is 2.36. The average molecular weight is 380 g/mol. The fourth-order valence-electron chi connectivity index (χ4n) is 3.57. The van der Waals surface area contributed by atoms with E-state index in [-0.39, 0.29) is 11.8 Å². The Bertz CT molecular complexity index is 894. The van der Waals surface area contributed by atoms with Crippen LogP contribution in [0.25, 0.3) is 11.1 Å². The number of aromatic nitrogens is 1. The van der Waals surface area contributed by atoms with E-state index in [2.05, 4.69) is 18.8 Å². The lowest BCUT2D eigenvalue weighted by atomic mass is 9.97. The fourth-order valence-corrected chi connectivity index (χ4v) is 3.57. The van der Waals surface area contributed by atoms with Crippen LogP contribution in [0.3, 0.4) is 0 Å². The smallest absolute Gasteiger partial charge is 0.254 e. The topological polar surface area (TPSA) is 79.5 Å². The Hall–Kier alpha value is -2.89. The minimum atomic E-state index is -0.407. The number of nitrogen functional groups attached to an aromatic ring is 1. The van der Waals surface area contributed by atoms with E-state index in [1.165, 1.54) is 0 Å². The van der Waals surface area contributed by atoms with Gasteiger partial charge >= 0.3 is 0 Å². The van der Waals surface area contributed by atoms with Crippen molar-refractivity contribution in [3.63, 3.8) is 0 Å². The third-order valence-electron chi connectivity index (χ3n) is 5.23. The van der Waals surface area contributed by atoms with Crippen LogP contribution in [0, 0.1) is 12.8 Å². The van der Waals surface area contributed by atoms with Crippen LogP contribution in [0.4, 0.5) is 5.82 Å². The van der Waals surface area contributed by atoms with E-state index < -0.39 is 6.04 Å². The van der Waals surface area contributed by atoms with Crippen molar-refractivity contribution in [1.29, 1.82) is 0 Å². The third kappa shape index (κ3) is 4.01. The van der Waals surface area contributed by atoms with E-state index in [0.717, 1.165) is 16.7 Å². The summed E-state index contributed by atoms with van der Waals surface area (Å²) >= 11 is 0. The Morgan fingerprint density at radius 1 is 1.25 bits per heavy atom.